The van der Waals surface area contributed by atoms with Crippen molar-refractivity contribution in [3.05, 3.63) is 66.1 Å². The molecular formula is C18H14N8S. The molecule has 0 atom stereocenters. The molecule has 0 aliphatic rings. The number of nitrogens with one attached hydrogen (secondary N) is 2. The van der Waals surface area contributed by atoms with Crippen molar-refractivity contribution in [1.29, 1.82) is 0 Å². The molecule has 0 saturated heterocycles. The van der Waals surface area contributed by atoms with Gasteiger partial charge in [-0.3, -0.25) is 5.10 Å². The zero-order chi connectivity index (χ0) is 18.1. The van der Waals surface area contributed by atoms with Crippen LogP contribution in [-0.2, 0) is 6.54 Å². The van der Waals surface area contributed by atoms with Crippen molar-refractivity contribution in [2.75, 3.05) is 5.32 Å². The lowest BCUT2D eigenvalue weighted by Gasteiger charge is -2.08. The second kappa shape index (κ2) is 6.61. The summed E-state index contributed by atoms with van der Waals surface area (Å²) < 4.78 is 1.67. The van der Waals surface area contributed by atoms with Crippen LogP contribution in [-0.4, -0.2) is 34.8 Å². The summed E-state index contributed by atoms with van der Waals surface area (Å²) in [5, 5.41) is 16.9. The minimum absolute atomic E-state index is 0.478. The van der Waals surface area contributed by atoms with Crippen LogP contribution < -0.4 is 5.32 Å². The van der Waals surface area contributed by atoms with Crippen LogP contribution in [0.25, 0.3) is 27.7 Å². The van der Waals surface area contributed by atoms with Gasteiger partial charge in [0.25, 0.3) is 5.78 Å². The first-order valence-electron chi connectivity index (χ1n) is 8.32. The number of aromatic amines is 1. The fraction of sp³-hybridized carbons (Fsp3) is 0.0556. The van der Waals surface area contributed by atoms with E-state index in [-0.39, 0.29) is 0 Å². The van der Waals surface area contributed by atoms with Crippen LogP contribution in [0.5, 0.6) is 0 Å². The first-order valence-corrected chi connectivity index (χ1v) is 9.20. The zero-order valence-electron chi connectivity index (χ0n) is 14.1. The number of benzene rings is 1. The third-order valence-corrected chi connectivity index (χ3v) is 4.90. The molecule has 4 aromatic heterocycles. The van der Waals surface area contributed by atoms with Crippen molar-refractivity contribution in [3.8, 4) is 22.0 Å². The molecule has 9 heteroatoms. The van der Waals surface area contributed by atoms with Crippen LogP contribution in [0.2, 0.25) is 0 Å². The van der Waals surface area contributed by atoms with Crippen molar-refractivity contribution in [2.45, 2.75) is 6.54 Å². The first-order chi connectivity index (χ1) is 13.4. The van der Waals surface area contributed by atoms with E-state index in [4.69, 9.17) is 0 Å². The summed E-state index contributed by atoms with van der Waals surface area (Å²) in [7, 11) is 0. The molecule has 0 unspecified atom stereocenters. The number of hydrogen-bond acceptors (Lipinski definition) is 7. The largest absolute Gasteiger partial charge is 0.363 e. The first kappa shape index (κ1) is 15.6. The normalized spacial score (nSPS) is 11.1. The van der Waals surface area contributed by atoms with Crippen LogP contribution in [0.1, 0.15) is 5.82 Å². The molecule has 1 aromatic carbocycles. The summed E-state index contributed by atoms with van der Waals surface area (Å²) in [6.07, 6.45) is 1.49. The summed E-state index contributed by atoms with van der Waals surface area (Å²) in [5.74, 6) is 2.76. The van der Waals surface area contributed by atoms with Gasteiger partial charge in [0.15, 0.2) is 5.82 Å². The number of rotatable bonds is 5. The van der Waals surface area contributed by atoms with Crippen LogP contribution in [0.4, 0.5) is 5.82 Å². The molecule has 27 heavy (non-hydrogen) atoms. The Labute approximate surface area is 158 Å². The van der Waals surface area contributed by atoms with E-state index in [0.29, 0.717) is 18.1 Å². The highest BCUT2D eigenvalue weighted by atomic mass is 32.1. The van der Waals surface area contributed by atoms with Crippen LogP contribution >= 0.6 is 11.3 Å². The van der Waals surface area contributed by atoms with E-state index in [2.05, 4.69) is 35.6 Å². The van der Waals surface area contributed by atoms with Crippen molar-refractivity contribution < 1.29 is 0 Å². The summed E-state index contributed by atoms with van der Waals surface area (Å²) in [4.78, 5) is 14.4. The summed E-state index contributed by atoms with van der Waals surface area (Å²) in [5.41, 5.74) is 1.85. The predicted octanol–water partition coefficient (Wildman–Crippen LogP) is 3.25. The van der Waals surface area contributed by atoms with Gasteiger partial charge >= 0.3 is 0 Å². The van der Waals surface area contributed by atoms with Gasteiger partial charge in [0.1, 0.15) is 18.0 Å². The Bertz CT molecular complexity index is 1180. The Kier molecular flexibility index (Phi) is 3.83. The number of H-pyrrole nitrogens is 1. The molecular weight excluding hydrogens is 360 g/mol. The number of fused-ring (bicyclic) bond motifs is 1. The van der Waals surface area contributed by atoms with E-state index in [1.807, 2.05) is 53.9 Å². The molecule has 5 aromatic rings. The topological polar surface area (TPSA) is 96.7 Å². The average Bonchev–Trinajstić information content (AvgIpc) is 3.47. The summed E-state index contributed by atoms with van der Waals surface area (Å²) in [6, 6.07) is 15.9. The Morgan fingerprint density at radius 2 is 2.00 bits per heavy atom. The van der Waals surface area contributed by atoms with E-state index in [1.165, 1.54) is 6.33 Å². The lowest BCUT2D eigenvalue weighted by molar-refractivity contribution is 0.898. The van der Waals surface area contributed by atoms with Gasteiger partial charge in [0, 0.05) is 11.6 Å². The van der Waals surface area contributed by atoms with E-state index < -0.39 is 0 Å². The molecule has 5 rings (SSSR count). The summed E-state index contributed by atoms with van der Waals surface area (Å²) in [6.45, 7) is 0.478. The fourth-order valence-corrected chi connectivity index (χ4v) is 3.42. The minimum Gasteiger partial charge on any atom is -0.363 e. The molecule has 0 bridgehead atoms. The van der Waals surface area contributed by atoms with Crippen molar-refractivity contribution in [3.63, 3.8) is 0 Å². The SMILES string of the molecule is c1ccc(-c2cc(NCc3nc(-c4cccs4)n[nH]3)n3ncnc3n2)cc1. The lowest BCUT2D eigenvalue weighted by atomic mass is 10.1. The summed E-state index contributed by atoms with van der Waals surface area (Å²) >= 11 is 1.61. The average molecular weight is 374 g/mol. The van der Waals surface area contributed by atoms with Crippen molar-refractivity contribution >= 4 is 22.9 Å². The van der Waals surface area contributed by atoms with Crippen LogP contribution in [0, 0.1) is 0 Å². The zero-order valence-corrected chi connectivity index (χ0v) is 14.9. The van der Waals surface area contributed by atoms with Gasteiger partial charge < -0.3 is 5.32 Å². The Balaban J connectivity index is 1.44. The number of anilines is 1. The third kappa shape index (κ3) is 3.04. The molecule has 132 valence electrons. The van der Waals surface area contributed by atoms with E-state index in [1.54, 1.807) is 15.9 Å². The molecule has 8 nitrogen and oxygen atoms in total. The van der Waals surface area contributed by atoms with E-state index in [9.17, 15) is 0 Å². The molecule has 0 fully saturated rings. The van der Waals surface area contributed by atoms with Crippen molar-refractivity contribution in [2.24, 2.45) is 0 Å². The maximum Gasteiger partial charge on any atom is 0.254 e. The maximum absolute atomic E-state index is 4.57. The van der Waals surface area contributed by atoms with Gasteiger partial charge in [-0.05, 0) is 11.4 Å². The lowest BCUT2D eigenvalue weighted by Crippen LogP contribution is -2.08. The highest BCUT2D eigenvalue weighted by Crippen LogP contribution is 2.22. The van der Waals surface area contributed by atoms with Gasteiger partial charge in [0.2, 0.25) is 0 Å². The van der Waals surface area contributed by atoms with E-state index >= 15 is 0 Å². The molecule has 2 N–H and O–H groups in total. The Hall–Kier alpha value is -3.59. The number of aromatic nitrogens is 7. The number of hydrogen-bond donors (Lipinski definition) is 2. The Morgan fingerprint density at radius 1 is 1.07 bits per heavy atom. The molecule has 0 aliphatic carbocycles. The van der Waals surface area contributed by atoms with Crippen molar-refractivity contribution in [1.82, 2.24) is 34.8 Å². The maximum atomic E-state index is 4.57. The van der Waals surface area contributed by atoms with Gasteiger partial charge in [-0.25, -0.2) is 9.97 Å². The highest BCUT2D eigenvalue weighted by molar-refractivity contribution is 7.13. The number of nitrogens with zero attached hydrogens (tertiary/aromatic N) is 6. The second-order valence-corrected chi connectivity index (χ2v) is 6.75. The molecule has 4 heterocycles. The molecule has 0 amide bonds. The fourth-order valence-electron chi connectivity index (χ4n) is 2.76. The smallest absolute Gasteiger partial charge is 0.254 e. The van der Waals surface area contributed by atoms with E-state index in [0.717, 1.165) is 27.8 Å². The Morgan fingerprint density at radius 3 is 2.85 bits per heavy atom. The molecule has 0 aliphatic heterocycles. The van der Waals surface area contributed by atoms with Gasteiger partial charge in [-0.2, -0.15) is 19.7 Å². The quantitative estimate of drug-likeness (QED) is 0.490. The minimum atomic E-state index is 0.478. The van der Waals surface area contributed by atoms with Gasteiger partial charge in [-0.1, -0.05) is 36.4 Å². The highest BCUT2D eigenvalue weighted by Gasteiger charge is 2.11. The van der Waals surface area contributed by atoms with Gasteiger partial charge in [0.05, 0.1) is 17.1 Å². The van der Waals surface area contributed by atoms with Gasteiger partial charge in [-0.15, -0.1) is 11.3 Å². The predicted molar refractivity (Wildman–Crippen MR) is 103 cm³/mol. The standard InChI is InChI=1S/C18H14N8S/c1-2-5-12(6-3-1)13-9-16(26-18(22-13)20-11-21-26)19-10-15-23-17(25-24-15)14-7-4-8-27-14/h1-9,11,19H,10H2,(H,23,24,25). The number of thiophene rings is 1. The monoisotopic (exact) mass is 374 g/mol. The third-order valence-electron chi connectivity index (χ3n) is 4.03. The molecule has 0 saturated carbocycles. The molecule has 0 spiro atoms. The van der Waals surface area contributed by atoms with Crippen LogP contribution in [0.15, 0.2) is 60.2 Å². The second-order valence-electron chi connectivity index (χ2n) is 5.80. The van der Waals surface area contributed by atoms with Crippen LogP contribution in [0.3, 0.4) is 0 Å². The molecule has 0 radical (unpaired) electrons.